The second-order valence-corrected chi connectivity index (χ2v) is 6.91. The van der Waals surface area contributed by atoms with Crippen LogP contribution in [0.5, 0.6) is 0 Å². The molecule has 2 heterocycles. The van der Waals surface area contributed by atoms with E-state index in [9.17, 15) is 4.79 Å². The number of carbonyl (C=O) groups is 1. The number of amides is 1. The van der Waals surface area contributed by atoms with E-state index in [1.807, 2.05) is 79.2 Å². The van der Waals surface area contributed by atoms with Gasteiger partial charge in [-0.25, -0.2) is 9.67 Å². The van der Waals surface area contributed by atoms with Crippen LogP contribution in [0, 0.1) is 13.8 Å². The first kappa shape index (κ1) is 18.7. The topological polar surface area (TPSA) is 75.6 Å². The third-order valence-corrected chi connectivity index (χ3v) is 4.85. The Morgan fingerprint density at radius 2 is 1.86 bits per heavy atom. The van der Waals surface area contributed by atoms with Crippen molar-refractivity contribution in [3.63, 3.8) is 0 Å². The van der Waals surface area contributed by atoms with E-state index in [1.54, 1.807) is 6.08 Å². The predicted octanol–water partition coefficient (Wildman–Crippen LogP) is 3.74. The molecule has 29 heavy (non-hydrogen) atoms. The van der Waals surface area contributed by atoms with E-state index in [0.717, 1.165) is 39.5 Å². The number of aromatic nitrogens is 4. The molecule has 0 saturated carbocycles. The molecular formula is C23H23N5O. The largest absolute Gasteiger partial charge is 0.352 e. The van der Waals surface area contributed by atoms with Crippen LogP contribution in [-0.2, 0) is 11.2 Å². The molecule has 4 rings (SSSR count). The fraction of sp³-hybridized carbons (Fsp3) is 0.174. The lowest BCUT2D eigenvalue weighted by atomic mass is 10.2. The molecule has 2 N–H and O–H groups in total. The Morgan fingerprint density at radius 1 is 1.10 bits per heavy atom. The van der Waals surface area contributed by atoms with Crippen molar-refractivity contribution < 1.29 is 4.79 Å². The Bertz CT molecular complexity index is 1140. The maximum Gasteiger partial charge on any atom is 0.244 e. The average molecular weight is 385 g/mol. The lowest BCUT2D eigenvalue weighted by Crippen LogP contribution is -2.23. The highest BCUT2D eigenvalue weighted by Crippen LogP contribution is 2.19. The highest BCUT2D eigenvalue weighted by molar-refractivity contribution is 5.92. The first-order chi connectivity index (χ1) is 14.1. The monoisotopic (exact) mass is 385 g/mol. The van der Waals surface area contributed by atoms with Gasteiger partial charge in [0.05, 0.1) is 22.4 Å². The Morgan fingerprint density at radius 3 is 2.66 bits per heavy atom. The van der Waals surface area contributed by atoms with Gasteiger partial charge in [-0.3, -0.25) is 4.79 Å². The van der Waals surface area contributed by atoms with Crippen LogP contribution < -0.4 is 5.32 Å². The molecule has 6 nitrogen and oxygen atoms in total. The molecule has 0 atom stereocenters. The third-order valence-electron chi connectivity index (χ3n) is 4.85. The summed E-state index contributed by atoms with van der Waals surface area (Å²) in [6.07, 6.45) is 4.04. The van der Waals surface area contributed by atoms with E-state index in [-0.39, 0.29) is 5.91 Å². The molecule has 146 valence electrons. The number of benzene rings is 2. The van der Waals surface area contributed by atoms with Crippen molar-refractivity contribution in [1.82, 2.24) is 25.1 Å². The summed E-state index contributed by atoms with van der Waals surface area (Å²) in [4.78, 5) is 20.0. The van der Waals surface area contributed by atoms with E-state index < -0.39 is 0 Å². The molecule has 0 aliphatic carbocycles. The van der Waals surface area contributed by atoms with Gasteiger partial charge in [-0.15, -0.1) is 0 Å². The number of hydrogen-bond donors (Lipinski definition) is 2. The number of H-pyrrole nitrogens is 1. The lowest BCUT2D eigenvalue weighted by molar-refractivity contribution is -0.116. The number of para-hydroxylation sites is 3. The van der Waals surface area contributed by atoms with Gasteiger partial charge < -0.3 is 10.3 Å². The molecule has 1 amide bonds. The molecule has 0 aliphatic rings. The van der Waals surface area contributed by atoms with Gasteiger partial charge in [-0.1, -0.05) is 30.3 Å². The number of rotatable bonds is 6. The number of carbonyl (C=O) groups excluding carboxylic acids is 1. The van der Waals surface area contributed by atoms with Crippen molar-refractivity contribution in [3.05, 3.63) is 83.4 Å². The maximum atomic E-state index is 12.2. The number of hydrogen-bond acceptors (Lipinski definition) is 3. The quantitative estimate of drug-likeness (QED) is 0.497. The fourth-order valence-electron chi connectivity index (χ4n) is 3.36. The summed E-state index contributed by atoms with van der Waals surface area (Å²) in [5.74, 6) is 0.735. The maximum absolute atomic E-state index is 12.2. The predicted molar refractivity (Wildman–Crippen MR) is 115 cm³/mol. The van der Waals surface area contributed by atoms with Gasteiger partial charge in [-0.2, -0.15) is 5.10 Å². The van der Waals surface area contributed by atoms with Crippen LogP contribution in [0.25, 0.3) is 22.8 Å². The molecule has 0 bridgehead atoms. The van der Waals surface area contributed by atoms with Crippen LogP contribution in [0.3, 0.4) is 0 Å². The zero-order valence-electron chi connectivity index (χ0n) is 16.5. The fourth-order valence-corrected chi connectivity index (χ4v) is 3.36. The van der Waals surface area contributed by atoms with Gasteiger partial charge in [0.25, 0.3) is 0 Å². The smallest absolute Gasteiger partial charge is 0.244 e. The van der Waals surface area contributed by atoms with Gasteiger partial charge >= 0.3 is 0 Å². The highest BCUT2D eigenvalue weighted by Gasteiger charge is 2.10. The van der Waals surface area contributed by atoms with Crippen LogP contribution in [0.2, 0.25) is 0 Å². The number of fused-ring (bicyclic) bond motifs is 1. The first-order valence-electron chi connectivity index (χ1n) is 9.63. The Balaban J connectivity index is 1.37. The van der Waals surface area contributed by atoms with Crippen LogP contribution in [0.4, 0.5) is 0 Å². The summed E-state index contributed by atoms with van der Waals surface area (Å²) >= 11 is 0. The van der Waals surface area contributed by atoms with E-state index in [4.69, 9.17) is 0 Å². The number of aryl methyl sites for hydroxylation is 1. The summed E-state index contributed by atoms with van der Waals surface area (Å²) in [7, 11) is 0. The Kier molecular flexibility index (Phi) is 5.24. The van der Waals surface area contributed by atoms with Crippen LogP contribution in [-0.4, -0.2) is 32.2 Å². The number of aromatic amines is 1. The lowest BCUT2D eigenvalue weighted by Gasteiger charge is -2.03. The number of imidazole rings is 1. The molecular weight excluding hydrogens is 362 g/mol. The van der Waals surface area contributed by atoms with E-state index in [1.165, 1.54) is 0 Å². The molecule has 0 spiro atoms. The van der Waals surface area contributed by atoms with Crippen LogP contribution >= 0.6 is 0 Å². The zero-order valence-corrected chi connectivity index (χ0v) is 16.5. The minimum atomic E-state index is -0.132. The van der Waals surface area contributed by atoms with E-state index in [2.05, 4.69) is 20.4 Å². The standard InChI is InChI=1S/C23H23N5O/c1-16-19(17(2)28(27-16)18-8-4-3-5-9-18)12-13-23(29)24-15-14-22-25-20-10-6-7-11-21(20)26-22/h3-13H,14-15H2,1-2H3,(H,24,29)(H,25,26)/b13-12+. The van der Waals surface area contributed by atoms with Crippen LogP contribution in [0.15, 0.2) is 60.7 Å². The molecule has 0 saturated heterocycles. The van der Waals surface area contributed by atoms with Crippen molar-refractivity contribution in [2.24, 2.45) is 0 Å². The first-order valence-corrected chi connectivity index (χ1v) is 9.63. The zero-order chi connectivity index (χ0) is 20.2. The SMILES string of the molecule is Cc1nn(-c2ccccc2)c(C)c1/C=C/C(=O)NCCc1nc2ccccc2[nH]1. The van der Waals surface area contributed by atoms with Crippen molar-refractivity contribution >= 4 is 23.0 Å². The van der Waals surface area contributed by atoms with Gasteiger partial charge in [0.2, 0.25) is 5.91 Å². The molecule has 6 heteroatoms. The highest BCUT2D eigenvalue weighted by atomic mass is 16.1. The van der Waals surface area contributed by atoms with Gasteiger partial charge in [0, 0.05) is 30.3 Å². The molecule has 0 fully saturated rings. The molecule has 4 aromatic rings. The summed E-state index contributed by atoms with van der Waals surface area (Å²) in [6, 6.07) is 17.9. The minimum absolute atomic E-state index is 0.132. The molecule has 2 aromatic heterocycles. The van der Waals surface area contributed by atoms with E-state index >= 15 is 0 Å². The molecule has 0 radical (unpaired) electrons. The van der Waals surface area contributed by atoms with Gasteiger partial charge in [0.1, 0.15) is 5.82 Å². The number of nitrogens with zero attached hydrogens (tertiary/aromatic N) is 3. The molecule has 2 aromatic carbocycles. The third kappa shape index (κ3) is 4.11. The summed E-state index contributed by atoms with van der Waals surface area (Å²) in [5.41, 5.74) is 5.80. The van der Waals surface area contributed by atoms with Crippen molar-refractivity contribution in [2.45, 2.75) is 20.3 Å². The van der Waals surface area contributed by atoms with Crippen molar-refractivity contribution in [3.8, 4) is 5.69 Å². The van der Waals surface area contributed by atoms with E-state index in [0.29, 0.717) is 13.0 Å². The van der Waals surface area contributed by atoms with Crippen LogP contribution in [0.1, 0.15) is 22.8 Å². The normalized spacial score (nSPS) is 11.4. The van der Waals surface area contributed by atoms with Gasteiger partial charge in [-0.05, 0) is 44.2 Å². The molecule has 0 unspecified atom stereocenters. The second kappa shape index (κ2) is 8.14. The summed E-state index contributed by atoms with van der Waals surface area (Å²) < 4.78 is 1.90. The summed E-state index contributed by atoms with van der Waals surface area (Å²) in [5, 5.41) is 7.51. The Labute approximate surface area is 169 Å². The Hall–Kier alpha value is -3.67. The average Bonchev–Trinajstić information content (AvgIpc) is 3.27. The number of nitrogens with one attached hydrogen (secondary N) is 2. The summed E-state index contributed by atoms with van der Waals surface area (Å²) in [6.45, 7) is 4.47. The van der Waals surface area contributed by atoms with Gasteiger partial charge in [0.15, 0.2) is 0 Å². The minimum Gasteiger partial charge on any atom is -0.352 e. The van der Waals surface area contributed by atoms with Crippen molar-refractivity contribution in [1.29, 1.82) is 0 Å². The van der Waals surface area contributed by atoms with Crippen molar-refractivity contribution in [2.75, 3.05) is 6.54 Å². The molecule has 0 aliphatic heterocycles. The second-order valence-electron chi connectivity index (χ2n) is 6.91.